The number of carboxylic acids is 1. The average Bonchev–Trinajstić information content (AvgIpc) is 2.89. The van der Waals surface area contributed by atoms with E-state index in [1.54, 1.807) is 22.1 Å². The Morgan fingerprint density at radius 2 is 2.41 bits per heavy atom. The van der Waals surface area contributed by atoms with Gasteiger partial charge >= 0.3 is 5.97 Å². The van der Waals surface area contributed by atoms with Crippen LogP contribution >= 0.6 is 22.9 Å². The first-order chi connectivity index (χ1) is 8.13. The lowest BCUT2D eigenvalue weighted by Crippen LogP contribution is -2.13. The second kappa shape index (κ2) is 4.94. The molecule has 0 amide bonds. The number of aromatic carboxylic acids is 1. The van der Waals surface area contributed by atoms with Gasteiger partial charge in [-0.05, 0) is 23.9 Å². The van der Waals surface area contributed by atoms with Gasteiger partial charge in [0.2, 0.25) is 0 Å². The van der Waals surface area contributed by atoms with Gasteiger partial charge in [0.05, 0.1) is 11.1 Å². The third-order valence-electron chi connectivity index (χ3n) is 2.63. The highest BCUT2D eigenvalue weighted by Crippen LogP contribution is 2.29. The molecule has 0 fully saturated rings. The highest BCUT2D eigenvalue weighted by Gasteiger charge is 2.20. The van der Waals surface area contributed by atoms with Gasteiger partial charge in [-0.25, -0.2) is 4.79 Å². The molecule has 5 heteroatoms. The molecule has 2 heterocycles. The zero-order valence-electron chi connectivity index (χ0n) is 9.26. The Morgan fingerprint density at radius 3 is 2.94 bits per heavy atom. The molecule has 1 atom stereocenters. The zero-order valence-corrected chi connectivity index (χ0v) is 10.8. The number of rotatable bonds is 4. The maximum absolute atomic E-state index is 11.1. The minimum atomic E-state index is -0.952. The quantitative estimate of drug-likeness (QED) is 0.915. The Labute approximate surface area is 108 Å². The normalized spacial score (nSPS) is 12.6. The molecule has 2 aromatic heterocycles. The van der Waals surface area contributed by atoms with Crippen molar-refractivity contribution < 1.29 is 9.90 Å². The molecular formula is C12H12ClNO2S. The average molecular weight is 270 g/mol. The second-order valence-corrected chi connectivity index (χ2v) is 5.11. The second-order valence-electron chi connectivity index (χ2n) is 3.70. The summed E-state index contributed by atoms with van der Waals surface area (Å²) in [5.74, 6) is -0.952. The summed E-state index contributed by atoms with van der Waals surface area (Å²) < 4.78 is 1.73. The van der Waals surface area contributed by atoms with Crippen molar-refractivity contribution in [3.05, 3.63) is 45.4 Å². The molecule has 0 aliphatic rings. The highest BCUT2D eigenvalue weighted by molar-refractivity contribution is 7.10. The van der Waals surface area contributed by atoms with Crippen LogP contribution in [0.4, 0.5) is 0 Å². The molecule has 2 aromatic rings. The van der Waals surface area contributed by atoms with Crippen LogP contribution in [-0.4, -0.2) is 15.6 Å². The van der Waals surface area contributed by atoms with E-state index in [0.29, 0.717) is 5.02 Å². The Hall–Kier alpha value is -1.26. The van der Waals surface area contributed by atoms with Gasteiger partial charge in [0.15, 0.2) is 0 Å². The number of aromatic nitrogens is 1. The SMILES string of the molecule is CCC(c1cccs1)n1cc(Cl)cc1C(=O)O. The predicted octanol–water partition coefficient (Wildman–Crippen LogP) is 3.90. The van der Waals surface area contributed by atoms with E-state index in [9.17, 15) is 4.79 Å². The van der Waals surface area contributed by atoms with E-state index in [1.165, 1.54) is 6.07 Å². The van der Waals surface area contributed by atoms with Crippen LogP contribution < -0.4 is 0 Å². The van der Waals surface area contributed by atoms with E-state index in [0.717, 1.165) is 11.3 Å². The largest absolute Gasteiger partial charge is 0.477 e. The highest BCUT2D eigenvalue weighted by atomic mass is 35.5. The summed E-state index contributed by atoms with van der Waals surface area (Å²) in [7, 11) is 0. The first kappa shape index (κ1) is 12.2. The van der Waals surface area contributed by atoms with Crippen molar-refractivity contribution in [3.8, 4) is 0 Å². The van der Waals surface area contributed by atoms with Crippen molar-refractivity contribution in [2.75, 3.05) is 0 Å². The lowest BCUT2D eigenvalue weighted by molar-refractivity contribution is 0.0683. The fourth-order valence-electron chi connectivity index (χ4n) is 1.89. The van der Waals surface area contributed by atoms with Crippen molar-refractivity contribution >= 4 is 28.9 Å². The summed E-state index contributed by atoms with van der Waals surface area (Å²) in [6, 6.07) is 5.50. The summed E-state index contributed by atoms with van der Waals surface area (Å²) in [5.41, 5.74) is 0.232. The molecule has 3 nitrogen and oxygen atoms in total. The van der Waals surface area contributed by atoms with E-state index in [1.807, 2.05) is 24.4 Å². The smallest absolute Gasteiger partial charge is 0.352 e. The van der Waals surface area contributed by atoms with Crippen LogP contribution in [0.15, 0.2) is 29.8 Å². The van der Waals surface area contributed by atoms with E-state index >= 15 is 0 Å². The molecule has 1 N–H and O–H groups in total. The molecular weight excluding hydrogens is 258 g/mol. The number of carbonyl (C=O) groups is 1. The van der Waals surface area contributed by atoms with Crippen molar-refractivity contribution in [2.24, 2.45) is 0 Å². The Morgan fingerprint density at radius 1 is 1.65 bits per heavy atom. The van der Waals surface area contributed by atoms with E-state index in [2.05, 4.69) is 0 Å². The van der Waals surface area contributed by atoms with E-state index < -0.39 is 5.97 Å². The maximum Gasteiger partial charge on any atom is 0.352 e. The molecule has 2 rings (SSSR count). The fourth-order valence-corrected chi connectivity index (χ4v) is 3.01. The van der Waals surface area contributed by atoms with Gasteiger partial charge in [-0.3, -0.25) is 0 Å². The van der Waals surface area contributed by atoms with E-state index in [-0.39, 0.29) is 11.7 Å². The molecule has 1 unspecified atom stereocenters. The Balaban J connectivity index is 2.47. The molecule has 0 saturated heterocycles. The number of halogens is 1. The topological polar surface area (TPSA) is 42.2 Å². The van der Waals surface area contributed by atoms with Gasteiger partial charge in [0.25, 0.3) is 0 Å². The van der Waals surface area contributed by atoms with Gasteiger partial charge in [-0.2, -0.15) is 0 Å². The molecule has 0 aliphatic carbocycles. The summed E-state index contributed by atoms with van der Waals surface area (Å²) in [4.78, 5) is 12.3. The summed E-state index contributed by atoms with van der Waals surface area (Å²) in [6.45, 7) is 2.03. The third kappa shape index (κ3) is 2.37. The standard InChI is InChI=1S/C12H12ClNO2S/c1-2-9(11-4-3-5-17-11)14-7-8(13)6-10(14)12(15)16/h3-7,9H,2H2,1H3,(H,15,16). The van der Waals surface area contributed by atoms with Crippen molar-refractivity contribution in [1.29, 1.82) is 0 Å². The van der Waals surface area contributed by atoms with Crippen molar-refractivity contribution in [1.82, 2.24) is 4.57 Å². The molecule has 0 bridgehead atoms. The lowest BCUT2D eigenvalue weighted by atomic mass is 10.2. The molecule has 0 saturated carbocycles. The Bertz CT molecular complexity index is 519. The van der Waals surface area contributed by atoms with Crippen LogP contribution in [0.5, 0.6) is 0 Å². The van der Waals surface area contributed by atoms with Gasteiger partial charge in [-0.15, -0.1) is 11.3 Å². The van der Waals surface area contributed by atoms with Crippen LogP contribution in [-0.2, 0) is 0 Å². The monoisotopic (exact) mass is 269 g/mol. The molecule has 0 radical (unpaired) electrons. The van der Waals surface area contributed by atoms with Gasteiger partial charge < -0.3 is 9.67 Å². The van der Waals surface area contributed by atoms with Crippen LogP contribution in [0.1, 0.15) is 34.8 Å². The Kier molecular flexibility index (Phi) is 3.54. The maximum atomic E-state index is 11.1. The summed E-state index contributed by atoms with van der Waals surface area (Å²) in [6.07, 6.45) is 2.50. The fraction of sp³-hybridized carbons (Fsp3) is 0.250. The first-order valence-corrected chi connectivity index (χ1v) is 6.53. The van der Waals surface area contributed by atoms with Crippen LogP contribution in [0.25, 0.3) is 0 Å². The summed E-state index contributed by atoms with van der Waals surface area (Å²) in [5, 5.41) is 11.6. The number of nitrogens with zero attached hydrogens (tertiary/aromatic N) is 1. The molecule has 0 aromatic carbocycles. The number of carboxylic acid groups (broad SMARTS) is 1. The number of hydrogen-bond donors (Lipinski definition) is 1. The first-order valence-electron chi connectivity index (χ1n) is 5.27. The number of thiophene rings is 1. The van der Waals surface area contributed by atoms with Crippen molar-refractivity contribution in [3.63, 3.8) is 0 Å². The summed E-state index contributed by atoms with van der Waals surface area (Å²) >= 11 is 7.51. The minimum Gasteiger partial charge on any atom is -0.477 e. The van der Waals surface area contributed by atoms with Gasteiger partial charge in [-0.1, -0.05) is 24.6 Å². The molecule has 90 valence electrons. The van der Waals surface area contributed by atoms with Crippen LogP contribution in [0.3, 0.4) is 0 Å². The molecule has 0 spiro atoms. The number of hydrogen-bond acceptors (Lipinski definition) is 2. The lowest BCUT2D eigenvalue weighted by Gasteiger charge is -2.17. The van der Waals surface area contributed by atoms with E-state index in [4.69, 9.17) is 16.7 Å². The molecule has 17 heavy (non-hydrogen) atoms. The van der Waals surface area contributed by atoms with Crippen molar-refractivity contribution in [2.45, 2.75) is 19.4 Å². The third-order valence-corrected chi connectivity index (χ3v) is 3.81. The minimum absolute atomic E-state index is 0.0357. The van der Waals surface area contributed by atoms with Gasteiger partial charge in [0, 0.05) is 11.1 Å². The molecule has 0 aliphatic heterocycles. The van der Waals surface area contributed by atoms with Gasteiger partial charge in [0.1, 0.15) is 5.69 Å². The van der Waals surface area contributed by atoms with Crippen LogP contribution in [0.2, 0.25) is 5.02 Å². The zero-order chi connectivity index (χ0) is 12.4. The predicted molar refractivity (Wildman–Crippen MR) is 69.2 cm³/mol. The van der Waals surface area contributed by atoms with Crippen LogP contribution in [0, 0.1) is 0 Å².